The van der Waals surface area contributed by atoms with Crippen LogP contribution in [0.1, 0.15) is 5.56 Å². The fourth-order valence-corrected chi connectivity index (χ4v) is 3.37. The molecule has 1 amide bonds. The molecule has 3 aromatic rings. The van der Waals surface area contributed by atoms with Crippen molar-refractivity contribution in [1.82, 2.24) is 4.90 Å². The Bertz CT molecular complexity index is 1010. The predicted molar refractivity (Wildman–Crippen MR) is 106 cm³/mol. The summed E-state index contributed by atoms with van der Waals surface area (Å²) in [6.45, 7) is 0. The van der Waals surface area contributed by atoms with Crippen LogP contribution in [0.15, 0.2) is 78.5 Å². The number of hydrogen-bond acceptors (Lipinski definition) is 2. The molecule has 0 spiro atoms. The van der Waals surface area contributed by atoms with Crippen LogP contribution in [0.5, 0.6) is 0 Å². The molecule has 4 heteroatoms. The topological polar surface area (TPSA) is 23.6 Å². The maximum atomic E-state index is 13.0. The van der Waals surface area contributed by atoms with Crippen molar-refractivity contribution < 1.29 is 4.79 Å². The SMILES string of the molecule is CN1C(=S)N(c2ccccc2)C(=O)C1=Cc1cccc2ccccc12. The smallest absolute Gasteiger partial charge is 0.281 e. The molecular formula is C21H16N2OS. The summed E-state index contributed by atoms with van der Waals surface area (Å²) in [5, 5.41) is 2.75. The Hall–Kier alpha value is -2.98. The van der Waals surface area contributed by atoms with Gasteiger partial charge in [0.25, 0.3) is 5.91 Å². The molecule has 0 saturated carbocycles. The fourth-order valence-electron chi connectivity index (χ4n) is 3.08. The normalized spacial score (nSPS) is 16.3. The molecule has 0 atom stereocenters. The number of amides is 1. The third kappa shape index (κ3) is 2.61. The van der Waals surface area contributed by atoms with Crippen LogP contribution in [-0.2, 0) is 4.79 Å². The lowest BCUT2D eigenvalue weighted by Crippen LogP contribution is -2.30. The molecule has 0 unspecified atom stereocenters. The van der Waals surface area contributed by atoms with Crippen molar-refractivity contribution in [2.24, 2.45) is 0 Å². The maximum absolute atomic E-state index is 13.0. The molecule has 0 aliphatic carbocycles. The Morgan fingerprint density at radius 3 is 2.36 bits per heavy atom. The zero-order valence-electron chi connectivity index (χ0n) is 13.7. The standard InChI is InChI=1S/C21H16N2OS/c1-22-19(14-16-10-7-9-15-8-5-6-13-18(15)16)20(24)23(21(22)25)17-11-3-2-4-12-17/h2-14H,1H3. The summed E-state index contributed by atoms with van der Waals surface area (Å²) in [5.74, 6) is -0.105. The molecule has 1 aliphatic heterocycles. The minimum absolute atomic E-state index is 0.105. The molecule has 1 fully saturated rings. The summed E-state index contributed by atoms with van der Waals surface area (Å²) < 4.78 is 0. The van der Waals surface area contributed by atoms with Gasteiger partial charge in [-0.2, -0.15) is 0 Å². The van der Waals surface area contributed by atoms with E-state index in [-0.39, 0.29) is 5.91 Å². The number of likely N-dealkylation sites (N-methyl/N-ethyl adjacent to an activating group) is 1. The molecule has 1 aliphatic rings. The first-order valence-corrected chi connectivity index (χ1v) is 8.44. The zero-order valence-corrected chi connectivity index (χ0v) is 14.5. The second-order valence-corrected chi connectivity index (χ2v) is 6.28. The summed E-state index contributed by atoms with van der Waals surface area (Å²) in [7, 11) is 1.83. The molecular weight excluding hydrogens is 328 g/mol. The number of anilines is 1. The number of rotatable bonds is 2. The van der Waals surface area contributed by atoms with Crippen molar-refractivity contribution in [1.29, 1.82) is 0 Å². The number of hydrogen-bond donors (Lipinski definition) is 0. The number of nitrogens with zero attached hydrogens (tertiary/aromatic N) is 2. The Labute approximate surface area is 151 Å². The lowest BCUT2D eigenvalue weighted by molar-refractivity contribution is -0.114. The van der Waals surface area contributed by atoms with Gasteiger partial charge >= 0.3 is 0 Å². The van der Waals surface area contributed by atoms with Crippen LogP contribution >= 0.6 is 12.2 Å². The molecule has 1 saturated heterocycles. The Kier molecular flexibility index (Phi) is 3.82. The van der Waals surface area contributed by atoms with Crippen molar-refractivity contribution >= 4 is 45.8 Å². The van der Waals surface area contributed by atoms with E-state index in [1.165, 1.54) is 0 Å². The van der Waals surface area contributed by atoms with Gasteiger partial charge in [0, 0.05) is 7.05 Å². The lowest BCUT2D eigenvalue weighted by Gasteiger charge is -2.16. The highest BCUT2D eigenvalue weighted by Crippen LogP contribution is 2.29. The first-order valence-electron chi connectivity index (χ1n) is 8.03. The van der Waals surface area contributed by atoms with Crippen LogP contribution in [0.3, 0.4) is 0 Å². The summed E-state index contributed by atoms with van der Waals surface area (Å²) in [4.78, 5) is 16.3. The van der Waals surface area contributed by atoms with Crippen LogP contribution in [0.25, 0.3) is 16.8 Å². The van der Waals surface area contributed by atoms with Gasteiger partial charge in [-0.25, -0.2) is 0 Å². The molecule has 0 bridgehead atoms. The van der Waals surface area contributed by atoms with Gasteiger partial charge in [-0.15, -0.1) is 0 Å². The number of fused-ring (bicyclic) bond motifs is 1. The summed E-state index contributed by atoms with van der Waals surface area (Å²) in [5.41, 5.74) is 2.36. The van der Waals surface area contributed by atoms with Crippen molar-refractivity contribution in [3.05, 3.63) is 84.1 Å². The van der Waals surface area contributed by atoms with Gasteiger partial charge in [-0.05, 0) is 46.8 Å². The predicted octanol–water partition coefficient (Wildman–Crippen LogP) is 4.44. The van der Waals surface area contributed by atoms with E-state index in [2.05, 4.69) is 18.2 Å². The van der Waals surface area contributed by atoms with E-state index >= 15 is 0 Å². The van der Waals surface area contributed by atoms with E-state index in [1.54, 1.807) is 9.80 Å². The van der Waals surface area contributed by atoms with Crippen molar-refractivity contribution in [2.45, 2.75) is 0 Å². The average molecular weight is 344 g/mol. The van der Waals surface area contributed by atoms with Crippen molar-refractivity contribution in [2.75, 3.05) is 11.9 Å². The zero-order chi connectivity index (χ0) is 17.4. The molecule has 4 rings (SSSR count). The van der Waals surface area contributed by atoms with Crippen LogP contribution in [0.4, 0.5) is 5.69 Å². The molecule has 0 radical (unpaired) electrons. The van der Waals surface area contributed by atoms with Crippen molar-refractivity contribution in [3.8, 4) is 0 Å². The first-order chi connectivity index (χ1) is 12.2. The van der Waals surface area contributed by atoms with Gasteiger partial charge in [0.15, 0.2) is 5.11 Å². The van der Waals surface area contributed by atoms with Gasteiger partial charge in [-0.3, -0.25) is 9.69 Å². The number of carbonyl (C=O) groups is 1. The van der Waals surface area contributed by atoms with Gasteiger partial charge in [0.2, 0.25) is 0 Å². The molecule has 0 aromatic heterocycles. The van der Waals surface area contributed by atoms with E-state index < -0.39 is 0 Å². The highest BCUT2D eigenvalue weighted by molar-refractivity contribution is 7.80. The summed E-state index contributed by atoms with van der Waals surface area (Å²) in [6, 6.07) is 23.7. The minimum Gasteiger partial charge on any atom is -0.317 e. The Morgan fingerprint density at radius 2 is 1.56 bits per heavy atom. The van der Waals surface area contributed by atoms with Crippen LogP contribution in [0.2, 0.25) is 0 Å². The van der Waals surface area contributed by atoms with Gasteiger partial charge in [-0.1, -0.05) is 60.7 Å². The molecule has 25 heavy (non-hydrogen) atoms. The quantitative estimate of drug-likeness (QED) is 0.507. The second kappa shape index (κ2) is 6.15. The average Bonchev–Trinajstić information content (AvgIpc) is 2.86. The number of benzene rings is 3. The minimum atomic E-state index is -0.105. The highest BCUT2D eigenvalue weighted by atomic mass is 32.1. The van der Waals surface area contributed by atoms with Gasteiger partial charge in [0.1, 0.15) is 5.70 Å². The van der Waals surface area contributed by atoms with E-state index in [0.29, 0.717) is 10.8 Å². The Morgan fingerprint density at radius 1 is 0.880 bits per heavy atom. The number of thiocarbonyl (C=S) groups is 1. The monoisotopic (exact) mass is 344 g/mol. The van der Waals surface area contributed by atoms with Gasteiger partial charge in [0.05, 0.1) is 5.69 Å². The number of para-hydroxylation sites is 1. The van der Waals surface area contributed by atoms with Crippen molar-refractivity contribution in [3.63, 3.8) is 0 Å². The third-order valence-electron chi connectivity index (χ3n) is 4.39. The first kappa shape index (κ1) is 15.5. The highest BCUT2D eigenvalue weighted by Gasteiger charge is 2.36. The van der Waals surface area contributed by atoms with E-state index in [0.717, 1.165) is 22.0 Å². The van der Waals surface area contributed by atoms with E-state index in [9.17, 15) is 4.79 Å². The van der Waals surface area contributed by atoms with Crippen LogP contribution in [-0.4, -0.2) is 23.0 Å². The molecule has 1 heterocycles. The molecule has 122 valence electrons. The third-order valence-corrected chi connectivity index (χ3v) is 4.85. The molecule has 3 nitrogen and oxygen atoms in total. The number of carbonyl (C=O) groups excluding carboxylic acids is 1. The fraction of sp³-hybridized carbons (Fsp3) is 0.0476. The maximum Gasteiger partial charge on any atom is 0.281 e. The van der Waals surface area contributed by atoms with E-state index in [1.807, 2.05) is 67.7 Å². The summed E-state index contributed by atoms with van der Waals surface area (Å²) >= 11 is 5.50. The molecule has 0 N–H and O–H groups in total. The van der Waals surface area contributed by atoms with Gasteiger partial charge < -0.3 is 4.90 Å². The van der Waals surface area contributed by atoms with E-state index in [4.69, 9.17) is 12.2 Å². The molecule has 3 aromatic carbocycles. The second-order valence-electron chi connectivity index (χ2n) is 5.92. The lowest BCUT2D eigenvalue weighted by atomic mass is 10.0. The largest absolute Gasteiger partial charge is 0.317 e. The van der Waals surface area contributed by atoms with Crippen LogP contribution < -0.4 is 4.90 Å². The van der Waals surface area contributed by atoms with Crippen LogP contribution in [0, 0.1) is 0 Å². The summed E-state index contributed by atoms with van der Waals surface area (Å²) in [6.07, 6.45) is 1.92. The Balaban J connectivity index is 1.81.